The molecule has 0 bridgehead atoms. The number of nitrogens with two attached hydrogens (primary N) is 1. The second-order valence-corrected chi connectivity index (χ2v) is 4.35. The van der Waals surface area contributed by atoms with Gasteiger partial charge in [-0.1, -0.05) is 19.1 Å². The highest BCUT2D eigenvalue weighted by atomic mass is 32.2. The normalized spacial score (nSPS) is 12.4. The molecule has 3 N–H and O–H groups in total. The van der Waals surface area contributed by atoms with Crippen LogP contribution in [0.4, 0.5) is 0 Å². The minimum atomic E-state index is -0.951. The Kier molecular flexibility index (Phi) is 4.65. The molecule has 0 saturated heterocycles. The van der Waals surface area contributed by atoms with Gasteiger partial charge in [0.2, 0.25) is 0 Å². The third kappa shape index (κ3) is 3.93. The molecule has 4 heteroatoms. The number of carboxylic acid groups (broad SMARTS) is 1. The first-order chi connectivity index (χ1) is 7.13. The molecule has 0 aliphatic heterocycles. The predicted octanol–water partition coefficient (Wildman–Crippen LogP) is 1.75. The zero-order valence-electron chi connectivity index (χ0n) is 8.64. The van der Waals surface area contributed by atoms with Crippen LogP contribution in [0.25, 0.3) is 0 Å². The highest BCUT2D eigenvalue weighted by Gasteiger charge is 2.11. The molecule has 1 atom stereocenters. The maximum absolute atomic E-state index is 10.5. The van der Waals surface area contributed by atoms with E-state index in [0.717, 1.165) is 11.3 Å². The lowest BCUT2D eigenvalue weighted by Gasteiger charge is -2.06. The Balaban J connectivity index is 2.47. The topological polar surface area (TPSA) is 63.3 Å². The van der Waals surface area contributed by atoms with E-state index in [4.69, 9.17) is 10.8 Å². The van der Waals surface area contributed by atoms with Crippen molar-refractivity contribution in [1.82, 2.24) is 0 Å². The van der Waals surface area contributed by atoms with Crippen LogP contribution >= 0.6 is 11.8 Å². The van der Waals surface area contributed by atoms with E-state index in [1.807, 2.05) is 12.1 Å². The number of carbonyl (C=O) groups is 1. The van der Waals surface area contributed by atoms with Gasteiger partial charge in [0.1, 0.15) is 6.04 Å². The van der Waals surface area contributed by atoms with Gasteiger partial charge < -0.3 is 10.8 Å². The van der Waals surface area contributed by atoms with E-state index in [2.05, 4.69) is 19.1 Å². The van der Waals surface area contributed by atoms with Crippen LogP contribution in [0.1, 0.15) is 12.5 Å². The molecule has 0 radical (unpaired) electrons. The zero-order chi connectivity index (χ0) is 11.3. The smallest absolute Gasteiger partial charge is 0.321 e. The Bertz CT molecular complexity index is 324. The Morgan fingerprint density at radius 1 is 1.47 bits per heavy atom. The molecule has 0 spiro atoms. The minimum absolute atomic E-state index is 0.404. The van der Waals surface area contributed by atoms with Crippen molar-refractivity contribution < 1.29 is 9.90 Å². The Hall–Kier alpha value is -1.00. The molecule has 1 rings (SSSR count). The summed E-state index contributed by atoms with van der Waals surface area (Å²) >= 11 is 1.47. The fourth-order valence-electron chi connectivity index (χ4n) is 1.08. The van der Waals surface area contributed by atoms with E-state index in [-0.39, 0.29) is 0 Å². The molecule has 0 fully saturated rings. The SMILES string of the molecule is CCc1ccc(SCC(N)C(=O)O)cc1. The lowest BCUT2D eigenvalue weighted by atomic mass is 10.2. The van der Waals surface area contributed by atoms with Crippen LogP contribution in [0, 0.1) is 0 Å². The average Bonchev–Trinajstić information content (AvgIpc) is 2.26. The van der Waals surface area contributed by atoms with Crippen LogP contribution in [-0.4, -0.2) is 22.9 Å². The molecular weight excluding hydrogens is 210 g/mol. The zero-order valence-corrected chi connectivity index (χ0v) is 9.46. The summed E-state index contributed by atoms with van der Waals surface area (Å²) in [7, 11) is 0. The van der Waals surface area contributed by atoms with Gasteiger partial charge in [-0.25, -0.2) is 0 Å². The molecule has 0 aliphatic carbocycles. The summed E-state index contributed by atoms with van der Waals surface area (Å²) in [5.74, 6) is -0.548. The lowest BCUT2D eigenvalue weighted by Crippen LogP contribution is -2.32. The Morgan fingerprint density at radius 3 is 2.53 bits per heavy atom. The van der Waals surface area contributed by atoms with Crippen LogP contribution in [0.2, 0.25) is 0 Å². The molecule has 1 aromatic carbocycles. The van der Waals surface area contributed by atoms with Crippen molar-refractivity contribution >= 4 is 17.7 Å². The maximum Gasteiger partial charge on any atom is 0.321 e. The molecule has 15 heavy (non-hydrogen) atoms. The monoisotopic (exact) mass is 225 g/mol. The molecule has 1 aromatic rings. The Morgan fingerprint density at radius 2 is 2.07 bits per heavy atom. The molecular formula is C11H15NO2S. The number of rotatable bonds is 5. The fraction of sp³-hybridized carbons (Fsp3) is 0.364. The van der Waals surface area contributed by atoms with E-state index in [0.29, 0.717) is 5.75 Å². The van der Waals surface area contributed by atoms with Crippen molar-refractivity contribution in [3.8, 4) is 0 Å². The summed E-state index contributed by atoms with van der Waals surface area (Å²) in [5.41, 5.74) is 6.68. The molecule has 3 nitrogen and oxygen atoms in total. The van der Waals surface area contributed by atoms with E-state index < -0.39 is 12.0 Å². The number of hydrogen-bond donors (Lipinski definition) is 2. The number of aryl methyl sites for hydroxylation is 1. The minimum Gasteiger partial charge on any atom is -0.480 e. The van der Waals surface area contributed by atoms with E-state index >= 15 is 0 Å². The highest BCUT2D eigenvalue weighted by Crippen LogP contribution is 2.19. The third-order valence-electron chi connectivity index (χ3n) is 2.08. The summed E-state index contributed by atoms with van der Waals surface area (Å²) in [6.45, 7) is 2.10. The van der Waals surface area contributed by atoms with Gasteiger partial charge in [-0.05, 0) is 24.1 Å². The number of thioether (sulfide) groups is 1. The Labute approximate surface area is 93.7 Å². The van der Waals surface area contributed by atoms with Gasteiger partial charge in [0.05, 0.1) is 0 Å². The van der Waals surface area contributed by atoms with Crippen molar-refractivity contribution in [1.29, 1.82) is 0 Å². The van der Waals surface area contributed by atoms with Crippen LogP contribution in [-0.2, 0) is 11.2 Å². The summed E-state index contributed by atoms with van der Waals surface area (Å²) in [5, 5.41) is 8.60. The van der Waals surface area contributed by atoms with Crippen LogP contribution in [0.3, 0.4) is 0 Å². The van der Waals surface area contributed by atoms with Gasteiger partial charge >= 0.3 is 5.97 Å². The van der Waals surface area contributed by atoms with Gasteiger partial charge in [0, 0.05) is 10.6 Å². The van der Waals surface area contributed by atoms with Crippen LogP contribution in [0.5, 0.6) is 0 Å². The van der Waals surface area contributed by atoms with Gasteiger partial charge in [-0.2, -0.15) is 0 Å². The van der Waals surface area contributed by atoms with Crippen molar-refractivity contribution in [3.63, 3.8) is 0 Å². The van der Waals surface area contributed by atoms with Crippen LogP contribution < -0.4 is 5.73 Å². The predicted molar refractivity (Wildman–Crippen MR) is 62.2 cm³/mol. The molecule has 1 unspecified atom stereocenters. The number of aliphatic carboxylic acids is 1. The van der Waals surface area contributed by atoms with Crippen molar-refractivity contribution in [2.24, 2.45) is 5.73 Å². The lowest BCUT2D eigenvalue weighted by molar-refractivity contribution is -0.137. The van der Waals surface area contributed by atoms with Gasteiger partial charge in [0.15, 0.2) is 0 Å². The standard InChI is InChI=1S/C11H15NO2S/c1-2-8-3-5-9(6-4-8)15-7-10(12)11(13)14/h3-6,10H,2,7,12H2,1H3,(H,13,14). The summed E-state index contributed by atoms with van der Waals surface area (Å²) in [6.07, 6.45) is 1.01. The molecule has 0 aromatic heterocycles. The highest BCUT2D eigenvalue weighted by molar-refractivity contribution is 7.99. The first kappa shape index (κ1) is 12.1. The first-order valence-electron chi connectivity index (χ1n) is 4.83. The van der Waals surface area contributed by atoms with Crippen molar-refractivity contribution in [3.05, 3.63) is 29.8 Å². The molecule has 0 saturated carbocycles. The van der Waals surface area contributed by atoms with Crippen molar-refractivity contribution in [2.75, 3.05) is 5.75 Å². The second-order valence-electron chi connectivity index (χ2n) is 3.25. The second kappa shape index (κ2) is 5.78. The summed E-state index contributed by atoms with van der Waals surface area (Å²) < 4.78 is 0. The summed E-state index contributed by atoms with van der Waals surface area (Å²) in [6, 6.07) is 7.31. The third-order valence-corrected chi connectivity index (χ3v) is 3.21. The van der Waals surface area contributed by atoms with Gasteiger partial charge in [-0.3, -0.25) is 4.79 Å². The van der Waals surface area contributed by atoms with Gasteiger partial charge in [0.25, 0.3) is 0 Å². The number of hydrogen-bond acceptors (Lipinski definition) is 3. The first-order valence-corrected chi connectivity index (χ1v) is 5.82. The van der Waals surface area contributed by atoms with Gasteiger partial charge in [-0.15, -0.1) is 11.8 Å². The number of carboxylic acids is 1. The van der Waals surface area contributed by atoms with Crippen molar-refractivity contribution in [2.45, 2.75) is 24.3 Å². The fourth-order valence-corrected chi connectivity index (χ4v) is 1.92. The van der Waals surface area contributed by atoms with Crippen LogP contribution in [0.15, 0.2) is 29.2 Å². The molecule has 0 amide bonds. The van der Waals surface area contributed by atoms with E-state index in [1.165, 1.54) is 17.3 Å². The number of benzene rings is 1. The molecule has 82 valence electrons. The van der Waals surface area contributed by atoms with E-state index in [9.17, 15) is 4.79 Å². The quantitative estimate of drug-likeness (QED) is 0.749. The molecule has 0 heterocycles. The largest absolute Gasteiger partial charge is 0.480 e. The van der Waals surface area contributed by atoms with E-state index in [1.54, 1.807) is 0 Å². The maximum atomic E-state index is 10.5. The average molecular weight is 225 g/mol. The summed E-state index contributed by atoms with van der Waals surface area (Å²) in [4.78, 5) is 11.5. The molecule has 0 aliphatic rings.